The maximum absolute atomic E-state index is 12.5. The Labute approximate surface area is 174 Å². The molecule has 1 saturated carbocycles. The third-order valence-electron chi connectivity index (χ3n) is 6.65. The molecule has 0 aromatic heterocycles. The topological polar surface area (TPSA) is 55.9 Å². The summed E-state index contributed by atoms with van der Waals surface area (Å²) in [5.74, 6) is 0.923. The van der Waals surface area contributed by atoms with Gasteiger partial charge in [0.1, 0.15) is 0 Å². The third-order valence-corrected chi connectivity index (χ3v) is 6.65. The molecule has 2 aliphatic heterocycles. The van der Waals surface area contributed by atoms with E-state index in [-0.39, 0.29) is 5.91 Å². The Kier molecular flexibility index (Phi) is 6.70. The highest BCUT2D eigenvalue weighted by Gasteiger charge is 2.25. The van der Waals surface area contributed by atoms with Crippen LogP contribution >= 0.6 is 0 Å². The van der Waals surface area contributed by atoms with Crippen molar-refractivity contribution < 1.29 is 9.59 Å². The molecule has 3 fully saturated rings. The van der Waals surface area contributed by atoms with Gasteiger partial charge in [0.05, 0.1) is 6.54 Å². The lowest BCUT2D eigenvalue weighted by Crippen LogP contribution is -2.50. The van der Waals surface area contributed by atoms with Crippen LogP contribution in [-0.2, 0) is 9.59 Å². The Hall–Kier alpha value is -2.08. The standard InChI is InChI=1S/C23H34N4O2/c28-22(24-20-7-9-21(10-8-20)26-11-3-4-12-26)18-25-13-15-27(16-14-25)23(29)17-19-5-1-2-6-19/h7-10,19H,1-6,11-18H2,(H,24,28). The number of rotatable bonds is 6. The van der Waals surface area contributed by atoms with Gasteiger partial charge < -0.3 is 15.1 Å². The van der Waals surface area contributed by atoms with Gasteiger partial charge in [0.2, 0.25) is 11.8 Å². The minimum atomic E-state index is 0.0182. The molecule has 2 amide bonds. The van der Waals surface area contributed by atoms with Gasteiger partial charge in [-0.05, 0) is 55.9 Å². The van der Waals surface area contributed by atoms with E-state index in [9.17, 15) is 9.59 Å². The van der Waals surface area contributed by atoms with E-state index in [0.29, 0.717) is 24.8 Å². The maximum Gasteiger partial charge on any atom is 0.238 e. The molecular formula is C23H34N4O2. The van der Waals surface area contributed by atoms with Gasteiger partial charge in [-0.3, -0.25) is 14.5 Å². The number of anilines is 2. The molecular weight excluding hydrogens is 364 g/mol. The summed E-state index contributed by atoms with van der Waals surface area (Å²) in [6, 6.07) is 8.17. The minimum absolute atomic E-state index is 0.0182. The van der Waals surface area contributed by atoms with Gasteiger partial charge in [0.15, 0.2) is 0 Å². The van der Waals surface area contributed by atoms with Crippen LogP contribution in [0.3, 0.4) is 0 Å². The predicted octanol–water partition coefficient (Wildman–Crippen LogP) is 2.95. The van der Waals surface area contributed by atoms with Crippen LogP contribution in [0.15, 0.2) is 24.3 Å². The molecule has 0 radical (unpaired) electrons. The van der Waals surface area contributed by atoms with E-state index in [4.69, 9.17) is 0 Å². The van der Waals surface area contributed by atoms with Crippen LogP contribution in [0.5, 0.6) is 0 Å². The molecule has 4 rings (SSSR count). The number of nitrogens with zero attached hydrogens (tertiary/aromatic N) is 3. The molecule has 158 valence electrons. The summed E-state index contributed by atoms with van der Waals surface area (Å²) in [6.07, 6.45) is 8.23. The average Bonchev–Trinajstić information content (AvgIpc) is 3.43. The van der Waals surface area contributed by atoms with Crippen LogP contribution in [0.1, 0.15) is 44.9 Å². The number of hydrogen-bond acceptors (Lipinski definition) is 4. The highest BCUT2D eigenvalue weighted by atomic mass is 16.2. The largest absolute Gasteiger partial charge is 0.372 e. The molecule has 0 atom stereocenters. The summed E-state index contributed by atoms with van der Waals surface area (Å²) in [5.41, 5.74) is 2.09. The van der Waals surface area contributed by atoms with Gasteiger partial charge in [-0.2, -0.15) is 0 Å². The van der Waals surface area contributed by atoms with E-state index >= 15 is 0 Å². The molecule has 2 saturated heterocycles. The van der Waals surface area contributed by atoms with Crippen LogP contribution in [0.2, 0.25) is 0 Å². The molecule has 0 spiro atoms. The molecule has 1 aromatic rings. The lowest BCUT2D eigenvalue weighted by atomic mass is 10.0. The summed E-state index contributed by atoms with van der Waals surface area (Å²) in [7, 11) is 0. The first-order valence-corrected chi connectivity index (χ1v) is 11.3. The summed E-state index contributed by atoms with van der Waals surface area (Å²) < 4.78 is 0. The van der Waals surface area contributed by atoms with Crippen molar-refractivity contribution in [3.05, 3.63) is 24.3 Å². The highest BCUT2D eigenvalue weighted by molar-refractivity contribution is 5.92. The van der Waals surface area contributed by atoms with Crippen molar-refractivity contribution in [2.75, 3.05) is 56.0 Å². The quantitative estimate of drug-likeness (QED) is 0.801. The fourth-order valence-corrected chi connectivity index (χ4v) is 4.88. The number of amides is 2. The van der Waals surface area contributed by atoms with E-state index < -0.39 is 0 Å². The second-order valence-corrected chi connectivity index (χ2v) is 8.80. The van der Waals surface area contributed by atoms with Crippen LogP contribution in [0.25, 0.3) is 0 Å². The van der Waals surface area contributed by atoms with E-state index in [2.05, 4.69) is 27.2 Å². The highest BCUT2D eigenvalue weighted by Crippen LogP contribution is 2.28. The molecule has 2 heterocycles. The Morgan fingerprint density at radius 1 is 0.862 bits per heavy atom. The normalized spacial score (nSPS) is 21.0. The molecule has 6 heteroatoms. The van der Waals surface area contributed by atoms with Gasteiger partial charge in [-0.15, -0.1) is 0 Å². The Morgan fingerprint density at radius 2 is 1.52 bits per heavy atom. The Morgan fingerprint density at radius 3 is 2.17 bits per heavy atom. The molecule has 3 aliphatic rings. The van der Waals surface area contributed by atoms with Crippen molar-refractivity contribution in [2.24, 2.45) is 5.92 Å². The zero-order valence-corrected chi connectivity index (χ0v) is 17.4. The molecule has 0 bridgehead atoms. The molecule has 1 aromatic carbocycles. The lowest BCUT2D eigenvalue weighted by Gasteiger charge is -2.34. The summed E-state index contributed by atoms with van der Waals surface area (Å²) in [4.78, 5) is 31.4. The Balaban J connectivity index is 1.18. The fraction of sp³-hybridized carbons (Fsp3) is 0.652. The third kappa shape index (κ3) is 5.50. The zero-order valence-electron chi connectivity index (χ0n) is 17.4. The lowest BCUT2D eigenvalue weighted by molar-refractivity contribution is -0.134. The van der Waals surface area contributed by atoms with Crippen molar-refractivity contribution in [3.63, 3.8) is 0 Å². The first-order chi connectivity index (χ1) is 14.2. The van der Waals surface area contributed by atoms with Gasteiger partial charge >= 0.3 is 0 Å². The van der Waals surface area contributed by atoms with Crippen molar-refractivity contribution in [3.8, 4) is 0 Å². The first kappa shape index (κ1) is 20.2. The van der Waals surface area contributed by atoms with Crippen molar-refractivity contribution in [1.29, 1.82) is 0 Å². The van der Waals surface area contributed by atoms with Crippen LogP contribution in [0.4, 0.5) is 11.4 Å². The van der Waals surface area contributed by atoms with Gasteiger partial charge in [-0.1, -0.05) is 12.8 Å². The van der Waals surface area contributed by atoms with E-state index in [1.54, 1.807) is 0 Å². The van der Waals surface area contributed by atoms with Gasteiger partial charge in [0, 0.05) is 57.1 Å². The zero-order chi connectivity index (χ0) is 20.1. The number of nitrogens with one attached hydrogen (secondary N) is 1. The molecule has 0 unspecified atom stereocenters. The van der Waals surface area contributed by atoms with E-state index in [1.165, 1.54) is 44.2 Å². The van der Waals surface area contributed by atoms with Crippen molar-refractivity contribution >= 4 is 23.2 Å². The number of piperazine rings is 1. The summed E-state index contributed by atoms with van der Waals surface area (Å²) >= 11 is 0. The summed E-state index contributed by atoms with van der Waals surface area (Å²) in [5, 5.41) is 3.01. The first-order valence-electron chi connectivity index (χ1n) is 11.3. The number of carbonyl (C=O) groups is 2. The average molecular weight is 399 g/mol. The molecule has 29 heavy (non-hydrogen) atoms. The van der Waals surface area contributed by atoms with Crippen molar-refractivity contribution in [2.45, 2.75) is 44.9 Å². The van der Waals surface area contributed by atoms with Gasteiger partial charge in [-0.25, -0.2) is 0 Å². The summed E-state index contributed by atoms with van der Waals surface area (Å²) in [6.45, 7) is 5.67. The van der Waals surface area contributed by atoms with Crippen LogP contribution < -0.4 is 10.2 Å². The smallest absolute Gasteiger partial charge is 0.238 e. The molecule has 6 nitrogen and oxygen atoms in total. The van der Waals surface area contributed by atoms with Crippen LogP contribution in [0, 0.1) is 5.92 Å². The Bertz CT molecular complexity index is 685. The van der Waals surface area contributed by atoms with E-state index in [1.807, 2.05) is 17.0 Å². The number of carbonyl (C=O) groups excluding carboxylic acids is 2. The van der Waals surface area contributed by atoms with Crippen LogP contribution in [-0.4, -0.2) is 67.4 Å². The van der Waals surface area contributed by atoms with Gasteiger partial charge in [0.25, 0.3) is 0 Å². The maximum atomic E-state index is 12.5. The molecule has 1 aliphatic carbocycles. The number of hydrogen-bond donors (Lipinski definition) is 1. The van der Waals surface area contributed by atoms with Crippen molar-refractivity contribution in [1.82, 2.24) is 9.80 Å². The second kappa shape index (κ2) is 9.61. The molecule has 1 N–H and O–H groups in total. The SMILES string of the molecule is O=C(CN1CCN(C(=O)CC2CCCC2)CC1)Nc1ccc(N2CCCC2)cc1. The number of benzene rings is 1. The second-order valence-electron chi connectivity index (χ2n) is 8.80. The predicted molar refractivity (Wildman–Crippen MR) is 116 cm³/mol. The van der Waals surface area contributed by atoms with E-state index in [0.717, 1.165) is 45.0 Å². The fourth-order valence-electron chi connectivity index (χ4n) is 4.88. The monoisotopic (exact) mass is 398 g/mol. The minimum Gasteiger partial charge on any atom is -0.372 e.